The molecular formula is C12H22N2O3. The van der Waals surface area contributed by atoms with Crippen LogP contribution in [-0.2, 0) is 9.59 Å². The van der Waals surface area contributed by atoms with Gasteiger partial charge in [0.2, 0.25) is 5.91 Å². The lowest BCUT2D eigenvalue weighted by molar-refractivity contribution is -0.141. The van der Waals surface area contributed by atoms with Gasteiger partial charge in [0.25, 0.3) is 0 Å². The predicted octanol–water partition coefficient (Wildman–Crippen LogP) is 0.888. The summed E-state index contributed by atoms with van der Waals surface area (Å²) >= 11 is 0. The van der Waals surface area contributed by atoms with Crippen molar-refractivity contribution in [3.63, 3.8) is 0 Å². The number of carboxylic acid groups (broad SMARTS) is 1. The third-order valence-electron chi connectivity index (χ3n) is 3.59. The first-order valence-corrected chi connectivity index (χ1v) is 6.20. The number of hydrogen-bond acceptors (Lipinski definition) is 3. The molecule has 3 N–H and O–H groups in total. The third kappa shape index (κ3) is 4.00. The number of amides is 1. The van der Waals surface area contributed by atoms with Gasteiger partial charge in [0, 0.05) is 12.0 Å². The molecule has 0 spiro atoms. The van der Waals surface area contributed by atoms with Crippen molar-refractivity contribution < 1.29 is 14.7 Å². The molecule has 1 amide bonds. The van der Waals surface area contributed by atoms with Gasteiger partial charge in [-0.25, -0.2) is 0 Å². The van der Waals surface area contributed by atoms with E-state index in [0.29, 0.717) is 6.42 Å². The first-order valence-electron chi connectivity index (χ1n) is 6.20. The Kier molecular flexibility index (Phi) is 4.93. The highest BCUT2D eigenvalue weighted by molar-refractivity contribution is 5.83. The van der Waals surface area contributed by atoms with Crippen molar-refractivity contribution in [3.05, 3.63) is 0 Å². The van der Waals surface area contributed by atoms with E-state index in [1.165, 1.54) is 13.3 Å². The Morgan fingerprint density at radius 2 is 1.88 bits per heavy atom. The van der Waals surface area contributed by atoms with Gasteiger partial charge in [-0.2, -0.15) is 0 Å². The van der Waals surface area contributed by atoms with E-state index in [9.17, 15) is 9.59 Å². The van der Waals surface area contributed by atoms with Crippen molar-refractivity contribution in [2.45, 2.75) is 57.0 Å². The molecule has 1 atom stereocenters. The molecule has 1 aliphatic rings. The maximum absolute atomic E-state index is 11.8. The summed E-state index contributed by atoms with van der Waals surface area (Å²) in [5, 5.41) is 14.5. The molecule has 1 rings (SSSR count). The summed E-state index contributed by atoms with van der Waals surface area (Å²) in [6, 6.07) is -0.819. The molecule has 1 fully saturated rings. The Morgan fingerprint density at radius 1 is 1.29 bits per heavy atom. The van der Waals surface area contributed by atoms with Crippen LogP contribution in [0, 0.1) is 0 Å². The van der Waals surface area contributed by atoms with E-state index in [-0.39, 0.29) is 11.4 Å². The molecule has 1 saturated carbocycles. The van der Waals surface area contributed by atoms with Crippen LogP contribution in [-0.4, -0.2) is 35.6 Å². The average molecular weight is 242 g/mol. The van der Waals surface area contributed by atoms with Crippen molar-refractivity contribution in [1.82, 2.24) is 10.6 Å². The molecule has 0 aromatic carbocycles. The van der Waals surface area contributed by atoms with Crippen LogP contribution in [0.5, 0.6) is 0 Å². The summed E-state index contributed by atoms with van der Waals surface area (Å²) in [7, 11) is 1.87. The largest absolute Gasteiger partial charge is 0.480 e. The van der Waals surface area contributed by atoms with Crippen LogP contribution in [0.2, 0.25) is 0 Å². The molecule has 0 bridgehead atoms. The molecule has 5 nitrogen and oxygen atoms in total. The van der Waals surface area contributed by atoms with Gasteiger partial charge in [-0.05, 0) is 26.8 Å². The van der Waals surface area contributed by atoms with E-state index in [1.54, 1.807) is 0 Å². The third-order valence-corrected chi connectivity index (χ3v) is 3.59. The standard InChI is InChI=1S/C12H22N2O3/c1-9(11(16)17)14-10(15)8-12(13-2)6-4-3-5-7-12/h9,13H,3-8H2,1-2H3,(H,14,15)(H,16,17)/t9-/m1/s1. The Morgan fingerprint density at radius 3 is 2.35 bits per heavy atom. The van der Waals surface area contributed by atoms with Gasteiger partial charge in [0.05, 0.1) is 0 Å². The van der Waals surface area contributed by atoms with Gasteiger partial charge in [-0.3, -0.25) is 9.59 Å². The van der Waals surface area contributed by atoms with E-state index >= 15 is 0 Å². The zero-order valence-corrected chi connectivity index (χ0v) is 10.6. The van der Waals surface area contributed by atoms with Crippen LogP contribution in [0.15, 0.2) is 0 Å². The molecule has 1 aliphatic carbocycles. The van der Waals surface area contributed by atoms with E-state index in [1.807, 2.05) is 7.05 Å². The Labute approximate surface area is 102 Å². The van der Waals surface area contributed by atoms with Crippen LogP contribution in [0.25, 0.3) is 0 Å². The number of carboxylic acids is 1. The predicted molar refractivity (Wildman–Crippen MR) is 64.7 cm³/mol. The number of aliphatic carboxylic acids is 1. The maximum Gasteiger partial charge on any atom is 0.325 e. The summed E-state index contributed by atoms with van der Waals surface area (Å²) in [6.45, 7) is 1.48. The number of rotatable bonds is 5. The molecule has 0 aromatic rings. The minimum absolute atomic E-state index is 0.138. The first-order chi connectivity index (χ1) is 7.99. The maximum atomic E-state index is 11.8. The summed E-state index contributed by atoms with van der Waals surface area (Å²) in [5.41, 5.74) is -0.138. The van der Waals surface area contributed by atoms with Gasteiger partial charge in [-0.1, -0.05) is 19.3 Å². The van der Waals surface area contributed by atoms with E-state index in [2.05, 4.69) is 10.6 Å². The molecule has 0 heterocycles. The second kappa shape index (κ2) is 6.00. The lowest BCUT2D eigenvalue weighted by Gasteiger charge is -2.36. The minimum Gasteiger partial charge on any atom is -0.480 e. The smallest absolute Gasteiger partial charge is 0.325 e. The molecule has 0 radical (unpaired) electrons. The zero-order valence-electron chi connectivity index (χ0n) is 10.6. The van der Waals surface area contributed by atoms with Crippen LogP contribution in [0.1, 0.15) is 45.4 Å². The van der Waals surface area contributed by atoms with E-state index in [4.69, 9.17) is 5.11 Å². The van der Waals surface area contributed by atoms with Gasteiger partial charge < -0.3 is 15.7 Å². The van der Waals surface area contributed by atoms with Crippen molar-refractivity contribution in [3.8, 4) is 0 Å². The Bertz CT molecular complexity index is 285. The molecule has 0 aromatic heterocycles. The molecule has 17 heavy (non-hydrogen) atoms. The molecule has 5 heteroatoms. The monoisotopic (exact) mass is 242 g/mol. The van der Waals surface area contributed by atoms with Gasteiger partial charge in [0.15, 0.2) is 0 Å². The lowest BCUT2D eigenvalue weighted by Crippen LogP contribution is -2.50. The molecule has 0 saturated heterocycles. The summed E-state index contributed by atoms with van der Waals surface area (Å²) in [5.74, 6) is -1.18. The Hall–Kier alpha value is -1.10. The second-order valence-electron chi connectivity index (χ2n) is 4.90. The Balaban J connectivity index is 2.50. The van der Waals surface area contributed by atoms with Crippen LogP contribution < -0.4 is 10.6 Å². The molecule has 0 aliphatic heterocycles. The highest BCUT2D eigenvalue weighted by Crippen LogP contribution is 2.30. The lowest BCUT2D eigenvalue weighted by atomic mass is 9.79. The fourth-order valence-electron chi connectivity index (χ4n) is 2.41. The highest BCUT2D eigenvalue weighted by Gasteiger charge is 2.33. The van der Waals surface area contributed by atoms with Crippen molar-refractivity contribution >= 4 is 11.9 Å². The van der Waals surface area contributed by atoms with E-state index in [0.717, 1.165) is 25.7 Å². The van der Waals surface area contributed by atoms with Crippen molar-refractivity contribution in [2.24, 2.45) is 0 Å². The molecule has 0 unspecified atom stereocenters. The average Bonchev–Trinajstić information content (AvgIpc) is 2.29. The number of hydrogen-bond donors (Lipinski definition) is 3. The van der Waals surface area contributed by atoms with Crippen LogP contribution in [0.3, 0.4) is 0 Å². The molecular weight excluding hydrogens is 220 g/mol. The van der Waals surface area contributed by atoms with Gasteiger partial charge >= 0.3 is 5.97 Å². The SMILES string of the molecule is CNC1(CC(=O)N[C@H](C)C(=O)O)CCCCC1. The van der Waals surface area contributed by atoms with Crippen molar-refractivity contribution in [1.29, 1.82) is 0 Å². The minimum atomic E-state index is -1.000. The highest BCUT2D eigenvalue weighted by atomic mass is 16.4. The van der Waals surface area contributed by atoms with E-state index < -0.39 is 12.0 Å². The fraction of sp³-hybridized carbons (Fsp3) is 0.833. The first kappa shape index (κ1) is 14.0. The number of nitrogens with one attached hydrogen (secondary N) is 2. The number of carbonyl (C=O) groups excluding carboxylic acids is 1. The summed E-state index contributed by atoms with van der Waals surface area (Å²) < 4.78 is 0. The number of carbonyl (C=O) groups is 2. The van der Waals surface area contributed by atoms with Crippen LogP contribution >= 0.6 is 0 Å². The summed E-state index contributed by atoms with van der Waals surface area (Å²) in [6.07, 6.45) is 5.81. The fourth-order valence-corrected chi connectivity index (χ4v) is 2.41. The molecule has 98 valence electrons. The second-order valence-corrected chi connectivity index (χ2v) is 4.90. The topological polar surface area (TPSA) is 78.4 Å². The summed E-state index contributed by atoms with van der Waals surface area (Å²) in [4.78, 5) is 22.4. The zero-order chi connectivity index (χ0) is 12.9. The van der Waals surface area contributed by atoms with Crippen LogP contribution in [0.4, 0.5) is 0 Å². The van der Waals surface area contributed by atoms with Gasteiger partial charge in [-0.15, -0.1) is 0 Å². The normalized spacial score (nSPS) is 20.6. The van der Waals surface area contributed by atoms with Crippen molar-refractivity contribution in [2.75, 3.05) is 7.05 Å². The quantitative estimate of drug-likeness (QED) is 0.669. The van der Waals surface area contributed by atoms with Gasteiger partial charge in [0.1, 0.15) is 6.04 Å².